The maximum absolute atomic E-state index is 12.6. The number of amides is 1. The van der Waals surface area contributed by atoms with E-state index in [-0.39, 0.29) is 5.69 Å². The van der Waals surface area contributed by atoms with Gasteiger partial charge in [-0.3, -0.25) is 9.78 Å². The Hall–Kier alpha value is -3.29. The molecule has 4 rings (SSSR count). The highest BCUT2D eigenvalue weighted by atomic mass is 16.4. The Kier molecular flexibility index (Phi) is 3.68. The first-order chi connectivity index (χ1) is 12.5. The largest absolute Gasteiger partial charge is 0.480 e. The number of carboxylic acids is 1. The first kappa shape index (κ1) is 16.2. The van der Waals surface area contributed by atoms with Gasteiger partial charge in [0.15, 0.2) is 5.69 Å². The molecule has 0 saturated heterocycles. The predicted octanol–water partition coefficient (Wildman–Crippen LogP) is 1.86. The number of benzene rings is 1. The number of carbonyl (C=O) groups excluding carboxylic acids is 1. The summed E-state index contributed by atoms with van der Waals surface area (Å²) >= 11 is 0. The Morgan fingerprint density at radius 3 is 2.73 bits per heavy atom. The minimum absolute atomic E-state index is 0.124. The third kappa shape index (κ3) is 2.42. The second-order valence-electron chi connectivity index (χ2n) is 6.48. The van der Waals surface area contributed by atoms with Gasteiger partial charge >= 0.3 is 5.97 Å². The van der Waals surface area contributed by atoms with E-state index in [2.05, 4.69) is 20.6 Å². The van der Waals surface area contributed by atoms with Gasteiger partial charge in [-0.1, -0.05) is 11.3 Å². The summed E-state index contributed by atoms with van der Waals surface area (Å²) in [6.07, 6.45) is 3.34. The van der Waals surface area contributed by atoms with Crippen LogP contribution in [0.2, 0.25) is 0 Å². The zero-order valence-electron chi connectivity index (χ0n) is 14.1. The van der Waals surface area contributed by atoms with Crippen molar-refractivity contribution in [3.05, 3.63) is 47.9 Å². The van der Waals surface area contributed by atoms with Gasteiger partial charge in [0.2, 0.25) is 0 Å². The molecule has 1 aliphatic rings. The molecule has 1 aliphatic carbocycles. The van der Waals surface area contributed by atoms with E-state index in [1.807, 2.05) is 30.3 Å². The SMILES string of the molecule is Cc1c(C(=O)NC2(C(=O)O)CCC2)nnn1-c1cccc2ncccc12. The molecule has 0 atom stereocenters. The summed E-state index contributed by atoms with van der Waals surface area (Å²) in [6, 6.07) is 9.38. The maximum Gasteiger partial charge on any atom is 0.329 e. The second-order valence-corrected chi connectivity index (χ2v) is 6.48. The van der Waals surface area contributed by atoms with Crippen molar-refractivity contribution in [1.82, 2.24) is 25.3 Å². The summed E-state index contributed by atoms with van der Waals surface area (Å²) in [4.78, 5) is 28.4. The van der Waals surface area contributed by atoms with Crippen LogP contribution >= 0.6 is 0 Å². The molecule has 0 spiro atoms. The van der Waals surface area contributed by atoms with E-state index in [9.17, 15) is 14.7 Å². The van der Waals surface area contributed by atoms with Crippen molar-refractivity contribution in [2.24, 2.45) is 0 Å². The van der Waals surface area contributed by atoms with Crippen molar-refractivity contribution in [2.45, 2.75) is 31.7 Å². The first-order valence-corrected chi connectivity index (χ1v) is 8.34. The summed E-state index contributed by atoms with van der Waals surface area (Å²) < 4.78 is 1.58. The van der Waals surface area contributed by atoms with E-state index < -0.39 is 17.4 Å². The number of pyridine rings is 1. The molecule has 1 saturated carbocycles. The monoisotopic (exact) mass is 351 g/mol. The van der Waals surface area contributed by atoms with Gasteiger partial charge in [0, 0.05) is 11.6 Å². The summed E-state index contributed by atoms with van der Waals surface area (Å²) in [5.41, 5.74) is 1.05. The Labute approximate surface area is 148 Å². The van der Waals surface area contributed by atoms with Crippen LogP contribution in [-0.4, -0.2) is 42.5 Å². The summed E-state index contributed by atoms with van der Waals surface area (Å²) in [6.45, 7) is 1.73. The number of carboxylic acid groups (broad SMARTS) is 1. The standard InChI is InChI=1S/C18H17N5O3/c1-11-15(16(24)20-18(17(25)26)8-4-9-18)21-22-23(11)14-7-2-6-13-12(14)5-3-10-19-13/h2-3,5-7,10H,4,8-9H2,1H3,(H,20,24)(H,25,26). The van der Waals surface area contributed by atoms with Crippen LogP contribution in [0.25, 0.3) is 16.6 Å². The molecule has 0 bridgehead atoms. The third-order valence-corrected chi connectivity index (χ3v) is 4.93. The normalized spacial score (nSPS) is 15.4. The zero-order chi connectivity index (χ0) is 18.3. The quantitative estimate of drug-likeness (QED) is 0.742. The Balaban J connectivity index is 1.70. The van der Waals surface area contributed by atoms with Gasteiger partial charge < -0.3 is 10.4 Å². The fourth-order valence-electron chi connectivity index (χ4n) is 3.24. The van der Waals surface area contributed by atoms with Crippen LogP contribution in [0.4, 0.5) is 0 Å². The van der Waals surface area contributed by atoms with Crippen LogP contribution < -0.4 is 5.32 Å². The smallest absolute Gasteiger partial charge is 0.329 e. The van der Waals surface area contributed by atoms with Crippen molar-refractivity contribution in [1.29, 1.82) is 0 Å². The average molecular weight is 351 g/mol. The third-order valence-electron chi connectivity index (χ3n) is 4.93. The first-order valence-electron chi connectivity index (χ1n) is 8.34. The molecule has 0 radical (unpaired) electrons. The van der Waals surface area contributed by atoms with E-state index in [1.54, 1.807) is 17.8 Å². The average Bonchev–Trinajstić information content (AvgIpc) is 2.98. The molecule has 8 heteroatoms. The molecule has 2 N–H and O–H groups in total. The fraction of sp³-hybridized carbons (Fsp3) is 0.278. The Morgan fingerprint density at radius 1 is 1.23 bits per heavy atom. The minimum Gasteiger partial charge on any atom is -0.480 e. The fourth-order valence-corrected chi connectivity index (χ4v) is 3.24. The lowest BCUT2D eigenvalue weighted by Gasteiger charge is -2.37. The Bertz CT molecular complexity index is 1020. The van der Waals surface area contributed by atoms with Crippen LogP contribution in [0.3, 0.4) is 0 Å². The van der Waals surface area contributed by atoms with Gasteiger partial charge in [0.25, 0.3) is 5.91 Å². The molecule has 0 unspecified atom stereocenters. The summed E-state index contributed by atoms with van der Waals surface area (Å²) in [7, 11) is 0. The van der Waals surface area contributed by atoms with Gasteiger partial charge in [-0.25, -0.2) is 9.48 Å². The second kappa shape index (κ2) is 5.91. The van der Waals surface area contributed by atoms with Gasteiger partial charge in [-0.2, -0.15) is 0 Å². The summed E-state index contributed by atoms with van der Waals surface area (Å²) in [5.74, 6) is -1.53. The topological polar surface area (TPSA) is 110 Å². The van der Waals surface area contributed by atoms with Gasteiger partial charge in [-0.15, -0.1) is 5.10 Å². The number of aliphatic carboxylic acids is 1. The number of hydrogen-bond acceptors (Lipinski definition) is 5. The van der Waals surface area contributed by atoms with E-state index in [4.69, 9.17) is 0 Å². The van der Waals surface area contributed by atoms with Crippen LogP contribution in [0, 0.1) is 6.92 Å². The number of aromatic nitrogens is 4. The lowest BCUT2D eigenvalue weighted by molar-refractivity contribution is -0.148. The lowest BCUT2D eigenvalue weighted by atomic mass is 9.76. The predicted molar refractivity (Wildman–Crippen MR) is 93.1 cm³/mol. The molecule has 1 amide bonds. The molecule has 1 aromatic carbocycles. The van der Waals surface area contributed by atoms with E-state index in [1.165, 1.54) is 0 Å². The molecule has 132 valence electrons. The van der Waals surface area contributed by atoms with Crippen molar-refractivity contribution in [3.8, 4) is 5.69 Å². The van der Waals surface area contributed by atoms with Crippen molar-refractivity contribution in [3.63, 3.8) is 0 Å². The number of hydrogen-bond donors (Lipinski definition) is 2. The van der Waals surface area contributed by atoms with E-state index in [0.717, 1.165) is 23.0 Å². The van der Waals surface area contributed by atoms with Crippen molar-refractivity contribution in [2.75, 3.05) is 0 Å². The van der Waals surface area contributed by atoms with E-state index in [0.29, 0.717) is 18.5 Å². The number of nitrogens with zero attached hydrogens (tertiary/aromatic N) is 4. The highest BCUT2D eigenvalue weighted by Gasteiger charge is 2.46. The number of nitrogens with one attached hydrogen (secondary N) is 1. The molecule has 2 heterocycles. The molecule has 8 nitrogen and oxygen atoms in total. The van der Waals surface area contributed by atoms with Gasteiger partial charge in [-0.05, 0) is 50.5 Å². The molecular formula is C18H17N5O3. The van der Waals surface area contributed by atoms with E-state index >= 15 is 0 Å². The highest BCUT2D eigenvalue weighted by Crippen LogP contribution is 2.32. The molecule has 1 fully saturated rings. The van der Waals surface area contributed by atoms with Crippen molar-refractivity contribution < 1.29 is 14.7 Å². The molecular weight excluding hydrogens is 334 g/mol. The minimum atomic E-state index is -1.18. The number of carbonyl (C=O) groups is 2. The highest BCUT2D eigenvalue weighted by molar-refractivity contribution is 5.97. The summed E-state index contributed by atoms with van der Waals surface area (Å²) in [5, 5.41) is 21.0. The molecule has 26 heavy (non-hydrogen) atoms. The van der Waals surface area contributed by atoms with Crippen molar-refractivity contribution >= 4 is 22.8 Å². The van der Waals surface area contributed by atoms with Gasteiger partial charge in [0.1, 0.15) is 5.54 Å². The zero-order valence-corrected chi connectivity index (χ0v) is 14.1. The van der Waals surface area contributed by atoms with Gasteiger partial charge in [0.05, 0.1) is 16.9 Å². The van der Waals surface area contributed by atoms with Crippen LogP contribution in [0.15, 0.2) is 36.5 Å². The van der Waals surface area contributed by atoms with Crippen LogP contribution in [-0.2, 0) is 4.79 Å². The molecule has 0 aliphatic heterocycles. The Morgan fingerprint density at radius 2 is 2.04 bits per heavy atom. The molecule has 3 aromatic rings. The number of fused-ring (bicyclic) bond motifs is 1. The maximum atomic E-state index is 12.6. The number of rotatable bonds is 4. The van der Waals surface area contributed by atoms with Crippen LogP contribution in [0.1, 0.15) is 35.4 Å². The van der Waals surface area contributed by atoms with Crippen LogP contribution in [0.5, 0.6) is 0 Å². The molecule has 2 aromatic heterocycles. The lowest BCUT2D eigenvalue weighted by Crippen LogP contribution is -2.59.